The summed E-state index contributed by atoms with van der Waals surface area (Å²) >= 11 is 0. The summed E-state index contributed by atoms with van der Waals surface area (Å²) in [7, 11) is 0. The topological polar surface area (TPSA) is 98.7 Å². The molecule has 152 valence electrons. The monoisotopic (exact) mass is 400 g/mol. The fourth-order valence-corrected chi connectivity index (χ4v) is 3.52. The summed E-state index contributed by atoms with van der Waals surface area (Å²) in [6.07, 6.45) is 3.31. The summed E-state index contributed by atoms with van der Waals surface area (Å²) in [6, 6.07) is 12.1. The van der Waals surface area contributed by atoms with Gasteiger partial charge >= 0.3 is 0 Å². The van der Waals surface area contributed by atoms with Gasteiger partial charge in [-0.05, 0) is 55.7 Å². The molecule has 0 radical (unpaired) electrons. The Hall–Kier alpha value is -3.74. The molecule has 0 spiro atoms. The zero-order valence-electron chi connectivity index (χ0n) is 17.3. The molecular weight excluding hydrogens is 376 g/mol. The Kier molecular flexibility index (Phi) is 5.18. The highest BCUT2D eigenvalue weighted by molar-refractivity contribution is 5.93. The van der Waals surface area contributed by atoms with E-state index in [-0.39, 0.29) is 5.91 Å². The number of nitrogens with two attached hydrogens (primary N) is 1. The number of benzene rings is 1. The molecule has 0 aliphatic rings. The Bertz CT molecular complexity index is 1220. The molecule has 0 aliphatic heterocycles. The zero-order valence-corrected chi connectivity index (χ0v) is 17.3. The van der Waals surface area contributed by atoms with Crippen molar-refractivity contribution in [2.45, 2.75) is 33.9 Å². The molecule has 0 unspecified atom stereocenters. The smallest absolute Gasteiger partial charge is 0.254 e. The van der Waals surface area contributed by atoms with Gasteiger partial charge in [-0.15, -0.1) is 0 Å². The number of hydrogen-bond donors (Lipinski definition) is 2. The number of amides is 1. The number of carbonyl (C=O) groups excluding carboxylic acids is 1. The van der Waals surface area contributed by atoms with E-state index in [4.69, 9.17) is 10.7 Å². The second-order valence-corrected chi connectivity index (χ2v) is 7.54. The van der Waals surface area contributed by atoms with Crippen molar-refractivity contribution < 1.29 is 4.79 Å². The molecule has 7 heteroatoms. The van der Waals surface area contributed by atoms with Crippen LogP contribution in [0.3, 0.4) is 0 Å². The summed E-state index contributed by atoms with van der Waals surface area (Å²) < 4.78 is 1.72. The first kappa shape index (κ1) is 19.6. The van der Waals surface area contributed by atoms with Gasteiger partial charge in [0, 0.05) is 23.8 Å². The molecule has 3 aromatic heterocycles. The maximum absolute atomic E-state index is 12.6. The first-order valence-electron chi connectivity index (χ1n) is 9.78. The molecule has 0 bridgehead atoms. The minimum Gasteiger partial charge on any atom is -0.384 e. The summed E-state index contributed by atoms with van der Waals surface area (Å²) in [4.78, 5) is 21.5. The summed E-state index contributed by atoms with van der Waals surface area (Å²) in [5.74, 6) is 0.304. The largest absolute Gasteiger partial charge is 0.384 e. The van der Waals surface area contributed by atoms with Crippen LogP contribution in [0.4, 0.5) is 5.82 Å². The summed E-state index contributed by atoms with van der Waals surface area (Å²) in [5, 5.41) is 8.36. The lowest BCUT2D eigenvalue weighted by Gasteiger charge is -2.11. The quantitative estimate of drug-likeness (QED) is 0.535. The van der Waals surface area contributed by atoms with E-state index in [2.05, 4.69) is 46.6 Å². The van der Waals surface area contributed by atoms with E-state index in [0.29, 0.717) is 24.5 Å². The van der Waals surface area contributed by atoms with E-state index in [9.17, 15) is 4.79 Å². The molecular formula is C23H24N6O. The van der Waals surface area contributed by atoms with Gasteiger partial charge in [0.15, 0.2) is 0 Å². The normalized spacial score (nSPS) is 11.0. The molecule has 1 aromatic carbocycles. The highest BCUT2D eigenvalue weighted by Gasteiger charge is 2.12. The number of aromatic nitrogens is 4. The molecule has 4 rings (SSSR count). The zero-order chi connectivity index (χ0) is 21.3. The van der Waals surface area contributed by atoms with E-state index < -0.39 is 0 Å². The fraction of sp³-hybridized carbons (Fsp3) is 0.217. The van der Waals surface area contributed by atoms with Gasteiger partial charge in [-0.3, -0.25) is 14.5 Å². The van der Waals surface area contributed by atoms with Crippen LogP contribution in [-0.4, -0.2) is 25.7 Å². The number of anilines is 1. The third-order valence-corrected chi connectivity index (χ3v) is 5.12. The minimum atomic E-state index is -0.182. The number of nitrogens with zero attached hydrogens (tertiary/aromatic N) is 4. The van der Waals surface area contributed by atoms with Gasteiger partial charge in [0.1, 0.15) is 5.82 Å². The van der Waals surface area contributed by atoms with E-state index in [0.717, 1.165) is 33.4 Å². The predicted molar refractivity (Wildman–Crippen MR) is 117 cm³/mol. The third kappa shape index (κ3) is 4.15. The first-order chi connectivity index (χ1) is 14.4. The van der Waals surface area contributed by atoms with Gasteiger partial charge in [-0.25, -0.2) is 4.98 Å². The van der Waals surface area contributed by atoms with Crippen LogP contribution in [0.5, 0.6) is 0 Å². The van der Waals surface area contributed by atoms with Gasteiger partial charge < -0.3 is 11.1 Å². The Morgan fingerprint density at radius 1 is 1.10 bits per heavy atom. The molecule has 0 aliphatic carbocycles. The van der Waals surface area contributed by atoms with E-state index >= 15 is 0 Å². The number of hydrogen-bond acceptors (Lipinski definition) is 5. The van der Waals surface area contributed by atoms with Crippen molar-refractivity contribution in [3.8, 4) is 0 Å². The Morgan fingerprint density at radius 3 is 2.70 bits per heavy atom. The number of rotatable bonds is 5. The lowest BCUT2D eigenvalue weighted by Crippen LogP contribution is -2.23. The van der Waals surface area contributed by atoms with Crippen LogP contribution in [0, 0.1) is 20.8 Å². The summed E-state index contributed by atoms with van der Waals surface area (Å²) in [5.41, 5.74) is 12.1. The fourth-order valence-electron chi connectivity index (χ4n) is 3.52. The lowest BCUT2D eigenvalue weighted by atomic mass is 10.1. The molecule has 1 amide bonds. The van der Waals surface area contributed by atoms with Crippen molar-refractivity contribution in [3.05, 3.63) is 82.4 Å². The van der Waals surface area contributed by atoms with Gasteiger partial charge in [0.2, 0.25) is 0 Å². The van der Waals surface area contributed by atoms with Crippen LogP contribution in [0.25, 0.3) is 10.9 Å². The molecule has 3 N–H and O–H groups in total. The Morgan fingerprint density at radius 2 is 1.90 bits per heavy atom. The number of nitrogen functional groups attached to an aromatic ring is 1. The molecule has 0 fully saturated rings. The number of aryl methyl sites for hydroxylation is 3. The molecule has 0 saturated heterocycles. The van der Waals surface area contributed by atoms with Crippen LogP contribution in [0.2, 0.25) is 0 Å². The number of carbonyl (C=O) groups is 1. The molecule has 0 atom stereocenters. The molecule has 30 heavy (non-hydrogen) atoms. The van der Waals surface area contributed by atoms with Crippen molar-refractivity contribution in [2.75, 3.05) is 5.73 Å². The van der Waals surface area contributed by atoms with Crippen LogP contribution in [0.1, 0.15) is 38.4 Å². The summed E-state index contributed by atoms with van der Waals surface area (Å²) in [6.45, 7) is 6.79. The standard InChI is InChI=1S/C23H24N6O/c1-14-4-5-17-6-7-19(28-21(17)8-14)13-29-12-18(10-26-29)23(30)25-11-20-15(2)9-22(24)27-16(20)3/h4-10,12H,11,13H2,1-3H3,(H2,24,27)(H,25,30). The van der Waals surface area contributed by atoms with E-state index in [1.165, 1.54) is 5.56 Å². The Balaban J connectivity index is 1.44. The predicted octanol–water partition coefficient (Wildman–Crippen LogP) is 3.31. The van der Waals surface area contributed by atoms with Crippen molar-refractivity contribution in [1.29, 1.82) is 0 Å². The van der Waals surface area contributed by atoms with E-state index in [1.54, 1.807) is 17.1 Å². The average molecular weight is 400 g/mol. The lowest BCUT2D eigenvalue weighted by molar-refractivity contribution is 0.0950. The van der Waals surface area contributed by atoms with Crippen LogP contribution >= 0.6 is 0 Å². The molecule has 4 aromatic rings. The van der Waals surface area contributed by atoms with Gasteiger partial charge in [0.25, 0.3) is 5.91 Å². The van der Waals surface area contributed by atoms with Gasteiger partial charge in [-0.1, -0.05) is 18.2 Å². The van der Waals surface area contributed by atoms with Crippen LogP contribution in [-0.2, 0) is 13.1 Å². The Labute approximate surface area is 175 Å². The van der Waals surface area contributed by atoms with Crippen LogP contribution < -0.4 is 11.1 Å². The number of pyridine rings is 2. The number of nitrogens with one attached hydrogen (secondary N) is 1. The second kappa shape index (κ2) is 7.94. The molecule has 0 saturated carbocycles. The molecule has 3 heterocycles. The maximum atomic E-state index is 12.6. The van der Waals surface area contributed by atoms with Crippen LogP contribution in [0.15, 0.2) is 48.8 Å². The van der Waals surface area contributed by atoms with Crippen molar-refractivity contribution in [3.63, 3.8) is 0 Å². The van der Waals surface area contributed by atoms with Gasteiger partial charge in [-0.2, -0.15) is 5.10 Å². The number of fused-ring (bicyclic) bond motifs is 1. The van der Waals surface area contributed by atoms with Crippen molar-refractivity contribution >= 4 is 22.6 Å². The highest BCUT2D eigenvalue weighted by Crippen LogP contribution is 2.16. The average Bonchev–Trinajstić information content (AvgIpc) is 3.15. The van der Waals surface area contributed by atoms with Crippen molar-refractivity contribution in [2.24, 2.45) is 0 Å². The molecule has 7 nitrogen and oxygen atoms in total. The minimum absolute atomic E-state index is 0.182. The van der Waals surface area contributed by atoms with Gasteiger partial charge in [0.05, 0.1) is 29.5 Å². The second-order valence-electron chi connectivity index (χ2n) is 7.54. The SMILES string of the molecule is Cc1ccc2ccc(Cn3cc(C(=O)NCc4c(C)cc(N)nc4C)cn3)nc2c1. The first-order valence-corrected chi connectivity index (χ1v) is 9.78. The van der Waals surface area contributed by atoms with E-state index in [1.807, 2.05) is 26.0 Å². The highest BCUT2D eigenvalue weighted by atomic mass is 16.1. The maximum Gasteiger partial charge on any atom is 0.254 e. The van der Waals surface area contributed by atoms with Crippen molar-refractivity contribution in [1.82, 2.24) is 25.1 Å². The third-order valence-electron chi connectivity index (χ3n) is 5.12.